The Kier molecular flexibility index (Phi) is 6.31. The van der Waals surface area contributed by atoms with Gasteiger partial charge in [-0.25, -0.2) is 17.8 Å². The van der Waals surface area contributed by atoms with E-state index in [0.717, 1.165) is 6.26 Å². The predicted octanol–water partition coefficient (Wildman–Crippen LogP) is 2.45. The van der Waals surface area contributed by atoms with Crippen molar-refractivity contribution in [1.29, 1.82) is 0 Å². The number of benzene rings is 1. The molecule has 3 heterocycles. The standard InChI is InChI=1S/C21H21FN4O4S2/c1-32(29,30)26-9-10-31-16(12-26)17-15-3-2-8-23-18(15)20(27)19(25-17)21(28)24-11-13-4-6-14(22)7-5-13/h2-8,16,27H,9-12H2,1H3,(H,24,28). The summed E-state index contributed by atoms with van der Waals surface area (Å²) in [6.45, 7) is 0.733. The van der Waals surface area contributed by atoms with Crippen molar-refractivity contribution in [2.45, 2.75) is 11.8 Å². The Labute approximate surface area is 188 Å². The number of halogens is 1. The normalized spacial score (nSPS) is 17.4. The summed E-state index contributed by atoms with van der Waals surface area (Å²) >= 11 is 1.54. The molecule has 8 nitrogen and oxygen atoms in total. The van der Waals surface area contributed by atoms with Gasteiger partial charge in [0.25, 0.3) is 5.91 Å². The van der Waals surface area contributed by atoms with Crippen LogP contribution in [0.25, 0.3) is 10.9 Å². The second-order valence-electron chi connectivity index (χ2n) is 7.38. The first kappa shape index (κ1) is 22.4. The van der Waals surface area contributed by atoms with Gasteiger partial charge in [-0.2, -0.15) is 4.31 Å². The van der Waals surface area contributed by atoms with E-state index in [1.54, 1.807) is 36.0 Å². The van der Waals surface area contributed by atoms with Crippen molar-refractivity contribution in [2.75, 3.05) is 25.1 Å². The highest BCUT2D eigenvalue weighted by Gasteiger charge is 2.31. The third-order valence-corrected chi connectivity index (χ3v) is 7.61. The van der Waals surface area contributed by atoms with Crippen LogP contribution in [0.15, 0.2) is 42.6 Å². The number of amides is 1. The summed E-state index contributed by atoms with van der Waals surface area (Å²) in [5, 5.41) is 13.6. The minimum atomic E-state index is -3.38. The van der Waals surface area contributed by atoms with E-state index in [1.807, 2.05) is 0 Å². The highest BCUT2D eigenvalue weighted by molar-refractivity contribution is 7.99. The average molecular weight is 477 g/mol. The first-order valence-electron chi connectivity index (χ1n) is 9.81. The molecule has 3 aromatic rings. The molecule has 0 spiro atoms. The number of carbonyl (C=O) groups excluding carboxylic acids is 1. The van der Waals surface area contributed by atoms with Gasteiger partial charge in [0.1, 0.15) is 11.3 Å². The van der Waals surface area contributed by atoms with E-state index in [9.17, 15) is 22.7 Å². The van der Waals surface area contributed by atoms with Crippen LogP contribution in [-0.2, 0) is 16.6 Å². The second-order valence-corrected chi connectivity index (χ2v) is 10.7. The van der Waals surface area contributed by atoms with Crippen LogP contribution >= 0.6 is 11.8 Å². The van der Waals surface area contributed by atoms with Gasteiger partial charge in [0.05, 0.1) is 17.2 Å². The third kappa shape index (κ3) is 4.69. The predicted molar refractivity (Wildman–Crippen MR) is 120 cm³/mol. The summed E-state index contributed by atoms with van der Waals surface area (Å²) in [4.78, 5) is 21.5. The average Bonchev–Trinajstić information content (AvgIpc) is 2.78. The van der Waals surface area contributed by atoms with Gasteiger partial charge < -0.3 is 10.4 Å². The molecule has 0 bridgehead atoms. The number of pyridine rings is 2. The molecule has 11 heteroatoms. The van der Waals surface area contributed by atoms with Crippen molar-refractivity contribution in [3.63, 3.8) is 0 Å². The highest BCUT2D eigenvalue weighted by Crippen LogP contribution is 2.39. The van der Waals surface area contributed by atoms with Gasteiger partial charge in [-0.1, -0.05) is 12.1 Å². The fourth-order valence-electron chi connectivity index (χ4n) is 3.51. The molecule has 1 amide bonds. The molecule has 1 unspecified atom stereocenters. The van der Waals surface area contributed by atoms with Crippen molar-refractivity contribution in [3.05, 3.63) is 65.4 Å². The lowest BCUT2D eigenvalue weighted by Gasteiger charge is -2.30. The van der Waals surface area contributed by atoms with Crippen LogP contribution in [0.2, 0.25) is 0 Å². The number of nitrogens with zero attached hydrogens (tertiary/aromatic N) is 3. The summed E-state index contributed by atoms with van der Waals surface area (Å²) in [6.07, 6.45) is 2.67. The zero-order valence-corrected chi connectivity index (χ0v) is 18.8. The minimum Gasteiger partial charge on any atom is -0.504 e. The van der Waals surface area contributed by atoms with Crippen molar-refractivity contribution < 1.29 is 22.7 Å². The first-order chi connectivity index (χ1) is 15.2. The van der Waals surface area contributed by atoms with Crippen molar-refractivity contribution in [2.24, 2.45) is 0 Å². The molecular weight excluding hydrogens is 455 g/mol. The number of hydrogen-bond donors (Lipinski definition) is 2. The van der Waals surface area contributed by atoms with Gasteiger partial charge in [-0.05, 0) is 29.8 Å². The number of carbonyl (C=O) groups is 1. The quantitative estimate of drug-likeness (QED) is 0.582. The molecule has 4 rings (SSSR count). The van der Waals surface area contributed by atoms with E-state index in [-0.39, 0.29) is 41.1 Å². The maximum Gasteiger partial charge on any atom is 0.274 e. The van der Waals surface area contributed by atoms with Crippen LogP contribution in [0.1, 0.15) is 27.0 Å². The maximum absolute atomic E-state index is 13.1. The molecule has 1 saturated heterocycles. The van der Waals surface area contributed by atoms with E-state index < -0.39 is 15.9 Å². The second kappa shape index (κ2) is 9.00. The first-order valence-corrected chi connectivity index (χ1v) is 12.7. The van der Waals surface area contributed by atoms with Crippen LogP contribution in [0, 0.1) is 5.82 Å². The van der Waals surface area contributed by atoms with Crippen molar-refractivity contribution >= 4 is 38.6 Å². The van der Waals surface area contributed by atoms with Crippen LogP contribution < -0.4 is 5.32 Å². The van der Waals surface area contributed by atoms with Crippen LogP contribution in [0.5, 0.6) is 5.75 Å². The summed E-state index contributed by atoms with van der Waals surface area (Å²) in [7, 11) is -3.38. The molecule has 1 aliphatic rings. The van der Waals surface area contributed by atoms with Gasteiger partial charge in [-0.15, -0.1) is 11.8 Å². The molecule has 0 aliphatic carbocycles. The van der Waals surface area contributed by atoms with E-state index in [4.69, 9.17) is 0 Å². The smallest absolute Gasteiger partial charge is 0.274 e. The summed E-state index contributed by atoms with van der Waals surface area (Å²) in [6, 6.07) is 9.13. The number of hydrogen-bond acceptors (Lipinski definition) is 7. The number of aromatic nitrogens is 2. The Bertz CT molecular complexity index is 1270. The molecule has 1 fully saturated rings. The Hall–Kier alpha value is -2.76. The van der Waals surface area contributed by atoms with Crippen molar-refractivity contribution in [1.82, 2.24) is 19.6 Å². The van der Waals surface area contributed by atoms with Gasteiger partial charge >= 0.3 is 0 Å². The SMILES string of the molecule is CS(=O)(=O)N1CCSC(c2nc(C(=O)NCc3ccc(F)cc3)c(O)c3ncccc23)C1. The molecule has 32 heavy (non-hydrogen) atoms. The number of thioether (sulfide) groups is 1. The maximum atomic E-state index is 13.1. The number of nitrogens with one attached hydrogen (secondary N) is 1. The van der Waals surface area contributed by atoms with Gasteiger partial charge in [-0.3, -0.25) is 9.78 Å². The van der Waals surface area contributed by atoms with E-state index in [2.05, 4.69) is 15.3 Å². The molecular formula is C21H21FN4O4S2. The number of rotatable bonds is 5. The highest BCUT2D eigenvalue weighted by atomic mass is 32.2. The lowest BCUT2D eigenvalue weighted by atomic mass is 10.1. The van der Waals surface area contributed by atoms with Crippen LogP contribution in [0.4, 0.5) is 4.39 Å². The minimum absolute atomic E-state index is 0.121. The molecule has 0 radical (unpaired) electrons. The number of sulfonamides is 1. The van der Waals surface area contributed by atoms with Crippen LogP contribution in [-0.4, -0.2) is 58.8 Å². The number of fused-ring (bicyclic) bond motifs is 1. The van der Waals surface area contributed by atoms with E-state index in [0.29, 0.717) is 28.9 Å². The Morgan fingerprint density at radius 1 is 1.31 bits per heavy atom. The van der Waals surface area contributed by atoms with E-state index >= 15 is 0 Å². The molecule has 0 saturated carbocycles. The lowest BCUT2D eigenvalue weighted by molar-refractivity contribution is 0.0943. The summed E-state index contributed by atoms with van der Waals surface area (Å²) in [5.74, 6) is -0.755. The Balaban J connectivity index is 1.68. The van der Waals surface area contributed by atoms with Gasteiger partial charge in [0.2, 0.25) is 10.0 Å². The summed E-state index contributed by atoms with van der Waals surface area (Å²) in [5.41, 5.74) is 1.22. The Morgan fingerprint density at radius 3 is 2.78 bits per heavy atom. The Morgan fingerprint density at radius 2 is 2.06 bits per heavy atom. The van der Waals surface area contributed by atoms with Crippen molar-refractivity contribution in [3.8, 4) is 5.75 Å². The molecule has 1 atom stereocenters. The van der Waals surface area contributed by atoms with Crippen LogP contribution in [0.3, 0.4) is 0 Å². The lowest BCUT2D eigenvalue weighted by Crippen LogP contribution is -2.38. The zero-order valence-electron chi connectivity index (χ0n) is 17.2. The fourth-order valence-corrected chi connectivity index (χ4v) is 5.80. The molecule has 2 aromatic heterocycles. The monoisotopic (exact) mass is 476 g/mol. The molecule has 168 valence electrons. The zero-order chi connectivity index (χ0) is 22.9. The third-order valence-electron chi connectivity index (χ3n) is 5.15. The van der Waals surface area contributed by atoms with E-state index in [1.165, 1.54) is 22.6 Å². The molecule has 1 aliphatic heterocycles. The van der Waals surface area contributed by atoms with Gasteiger partial charge in [0.15, 0.2) is 11.4 Å². The topological polar surface area (TPSA) is 112 Å². The molecule has 2 N–H and O–H groups in total. The van der Waals surface area contributed by atoms with Gasteiger partial charge in [0, 0.05) is 37.0 Å². The molecule has 1 aromatic carbocycles. The summed E-state index contributed by atoms with van der Waals surface area (Å²) < 4.78 is 38.6. The largest absolute Gasteiger partial charge is 0.504 e. The fraction of sp³-hybridized carbons (Fsp3) is 0.286. The number of aromatic hydroxyl groups is 1.